The maximum Gasteiger partial charge on any atom is 0.241 e. The number of rotatable bonds is 7. The Morgan fingerprint density at radius 3 is 2.52 bits per heavy atom. The Hall–Kier alpha value is -2.34. The van der Waals surface area contributed by atoms with Gasteiger partial charge >= 0.3 is 0 Å². The Morgan fingerprint density at radius 2 is 1.84 bits per heavy atom. The highest BCUT2D eigenvalue weighted by molar-refractivity contribution is 7.90. The fraction of sp³-hybridized carbons (Fsp3) is 0.316. The van der Waals surface area contributed by atoms with E-state index in [9.17, 15) is 13.2 Å². The standard InChI is InChI=1S/C19H22N2O3S/c1-21(17-10-11-17)19(22)13-20-16-7-5-6-15(12-16)14-25(23,24)18-8-3-2-4-9-18/h2-9,12,17,20H,10-11,13-14H2,1H3. The second-order valence-corrected chi connectivity index (χ2v) is 8.35. The highest BCUT2D eigenvalue weighted by Gasteiger charge is 2.29. The molecule has 5 nitrogen and oxygen atoms in total. The lowest BCUT2D eigenvalue weighted by molar-refractivity contribution is -0.128. The first-order valence-corrected chi connectivity index (χ1v) is 9.97. The van der Waals surface area contributed by atoms with Crippen molar-refractivity contribution in [2.75, 3.05) is 18.9 Å². The molecule has 25 heavy (non-hydrogen) atoms. The van der Waals surface area contributed by atoms with Crippen molar-refractivity contribution in [3.63, 3.8) is 0 Å². The molecular formula is C19H22N2O3S. The van der Waals surface area contributed by atoms with E-state index in [4.69, 9.17) is 0 Å². The molecule has 0 unspecified atom stereocenters. The summed E-state index contributed by atoms with van der Waals surface area (Å²) in [5.74, 6) is -0.0209. The lowest BCUT2D eigenvalue weighted by Crippen LogP contribution is -2.33. The van der Waals surface area contributed by atoms with Crippen LogP contribution in [0.5, 0.6) is 0 Å². The van der Waals surface area contributed by atoms with Crippen LogP contribution in [0.3, 0.4) is 0 Å². The molecule has 2 aromatic rings. The lowest BCUT2D eigenvalue weighted by atomic mass is 10.2. The molecule has 1 saturated carbocycles. The van der Waals surface area contributed by atoms with Crippen LogP contribution >= 0.6 is 0 Å². The van der Waals surface area contributed by atoms with E-state index in [1.807, 2.05) is 13.1 Å². The van der Waals surface area contributed by atoms with Crippen LogP contribution in [-0.4, -0.2) is 38.9 Å². The molecule has 1 N–H and O–H groups in total. The summed E-state index contributed by atoms with van der Waals surface area (Å²) >= 11 is 0. The molecule has 1 fully saturated rings. The molecule has 1 amide bonds. The minimum absolute atomic E-state index is 0.0461. The van der Waals surface area contributed by atoms with E-state index in [0.717, 1.165) is 18.5 Å². The van der Waals surface area contributed by atoms with Crippen LogP contribution in [0.15, 0.2) is 59.5 Å². The number of hydrogen-bond donors (Lipinski definition) is 1. The van der Waals surface area contributed by atoms with Gasteiger partial charge in [0.05, 0.1) is 17.2 Å². The number of likely N-dealkylation sites (N-methyl/N-ethyl adjacent to an activating group) is 1. The van der Waals surface area contributed by atoms with Crippen molar-refractivity contribution in [2.45, 2.75) is 29.5 Å². The Morgan fingerprint density at radius 1 is 1.12 bits per heavy atom. The van der Waals surface area contributed by atoms with Crippen LogP contribution in [-0.2, 0) is 20.4 Å². The van der Waals surface area contributed by atoms with E-state index in [1.54, 1.807) is 53.4 Å². The number of carbonyl (C=O) groups is 1. The second-order valence-electron chi connectivity index (χ2n) is 6.36. The minimum atomic E-state index is -3.38. The molecule has 0 aromatic heterocycles. The van der Waals surface area contributed by atoms with Crippen molar-refractivity contribution in [1.82, 2.24) is 4.90 Å². The maximum atomic E-state index is 12.5. The van der Waals surface area contributed by atoms with E-state index in [-0.39, 0.29) is 18.2 Å². The zero-order valence-electron chi connectivity index (χ0n) is 14.2. The highest BCUT2D eigenvalue weighted by atomic mass is 32.2. The van der Waals surface area contributed by atoms with Crippen LogP contribution in [0.1, 0.15) is 18.4 Å². The molecule has 6 heteroatoms. The summed E-state index contributed by atoms with van der Waals surface area (Å²) in [6, 6.07) is 16.0. The van der Waals surface area contributed by atoms with Gasteiger partial charge in [-0.1, -0.05) is 30.3 Å². The Kier molecular flexibility index (Phi) is 5.08. The van der Waals surface area contributed by atoms with Gasteiger partial charge in [0.2, 0.25) is 5.91 Å². The molecule has 0 aliphatic heterocycles. The van der Waals surface area contributed by atoms with Crippen molar-refractivity contribution in [2.24, 2.45) is 0 Å². The summed E-state index contributed by atoms with van der Waals surface area (Å²) in [4.78, 5) is 14.2. The molecule has 3 rings (SSSR count). The number of anilines is 1. The van der Waals surface area contributed by atoms with E-state index in [1.165, 1.54) is 0 Å². The van der Waals surface area contributed by atoms with Crippen LogP contribution in [0.2, 0.25) is 0 Å². The van der Waals surface area contributed by atoms with E-state index < -0.39 is 9.84 Å². The molecule has 1 aliphatic carbocycles. The highest BCUT2D eigenvalue weighted by Crippen LogP contribution is 2.25. The molecule has 0 bridgehead atoms. The molecular weight excluding hydrogens is 336 g/mol. The zero-order chi connectivity index (χ0) is 17.9. The van der Waals surface area contributed by atoms with Gasteiger partial charge in [0.25, 0.3) is 0 Å². The van der Waals surface area contributed by atoms with Crippen LogP contribution in [0.25, 0.3) is 0 Å². The molecule has 0 heterocycles. The molecule has 0 spiro atoms. The van der Waals surface area contributed by atoms with Gasteiger partial charge in [-0.05, 0) is 42.7 Å². The predicted molar refractivity (Wildman–Crippen MR) is 98.1 cm³/mol. The summed E-state index contributed by atoms with van der Waals surface area (Å²) in [6.07, 6.45) is 2.16. The minimum Gasteiger partial charge on any atom is -0.376 e. The van der Waals surface area contributed by atoms with Gasteiger partial charge in [-0.3, -0.25) is 4.79 Å². The van der Waals surface area contributed by atoms with Gasteiger partial charge < -0.3 is 10.2 Å². The van der Waals surface area contributed by atoms with Crippen LogP contribution < -0.4 is 5.32 Å². The number of nitrogens with one attached hydrogen (secondary N) is 1. The second kappa shape index (κ2) is 7.27. The van der Waals surface area contributed by atoms with Crippen molar-refractivity contribution in [3.8, 4) is 0 Å². The van der Waals surface area contributed by atoms with E-state index >= 15 is 0 Å². The van der Waals surface area contributed by atoms with Crippen molar-refractivity contribution in [3.05, 3.63) is 60.2 Å². The van der Waals surface area contributed by atoms with Gasteiger partial charge in [0, 0.05) is 18.8 Å². The van der Waals surface area contributed by atoms with Gasteiger partial charge in [-0.15, -0.1) is 0 Å². The fourth-order valence-electron chi connectivity index (χ4n) is 2.67. The molecule has 0 atom stereocenters. The Labute approximate surface area is 148 Å². The molecule has 0 radical (unpaired) electrons. The number of nitrogens with zero attached hydrogens (tertiary/aromatic N) is 1. The van der Waals surface area contributed by atoms with Crippen molar-refractivity contribution < 1.29 is 13.2 Å². The summed E-state index contributed by atoms with van der Waals surface area (Å²) < 4.78 is 24.9. The maximum absolute atomic E-state index is 12.5. The normalized spacial score (nSPS) is 14.1. The first-order valence-electron chi connectivity index (χ1n) is 8.32. The molecule has 0 saturated heterocycles. The van der Waals surface area contributed by atoms with Crippen molar-refractivity contribution >= 4 is 21.4 Å². The number of carbonyl (C=O) groups excluding carboxylic acids is 1. The van der Waals surface area contributed by atoms with Crippen LogP contribution in [0.4, 0.5) is 5.69 Å². The van der Waals surface area contributed by atoms with E-state index in [2.05, 4.69) is 5.32 Å². The first kappa shape index (κ1) is 17.5. The average Bonchev–Trinajstić information content (AvgIpc) is 3.45. The van der Waals surface area contributed by atoms with E-state index in [0.29, 0.717) is 16.5 Å². The third-order valence-electron chi connectivity index (χ3n) is 4.32. The largest absolute Gasteiger partial charge is 0.376 e. The zero-order valence-corrected chi connectivity index (χ0v) is 15.0. The number of amides is 1. The Balaban J connectivity index is 1.64. The average molecular weight is 358 g/mol. The van der Waals surface area contributed by atoms with Crippen LogP contribution in [0, 0.1) is 0 Å². The summed E-state index contributed by atoms with van der Waals surface area (Å²) in [5, 5.41) is 3.09. The number of hydrogen-bond acceptors (Lipinski definition) is 4. The predicted octanol–water partition coefficient (Wildman–Crippen LogP) is 2.69. The fourth-order valence-corrected chi connectivity index (χ4v) is 4.03. The third kappa shape index (κ3) is 4.60. The van der Waals surface area contributed by atoms with Gasteiger partial charge in [-0.2, -0.15) is 0 Å². The van der Waals surface area contributed by atoms with Gasteiger partial charge in [0.1, 0.15) is 0 Å². The van der Waals surface area contributed by atoms with Gasteiger partial charge in [0.15, 0.2) is 9.84 Å². The summed E-state index contributed by atoms with van der Waals surface area (Å²) in [7, 11) is -1.56. The topological polar surface area (TPSA) is 66.5 Å². The third-order valence-corrected chi connectivity index (χ3v) is 6.02. The smallest absolute Gasteiger partial charge is 0.241 e. The molecule has 132 valence electrons. The Bertz CT molecular complexity index is 846. The number of benzene rings is 2. The molecule has 2 aromatic carbocycles. The summed E-state index contributed by atoms with van der Waals surface area (Å²) in [5.41, 5.74) is 1.44. The monoisotopic (exact) mass is 358 g/mol. The van der Waals surface area contributed by atoms with Crippen molar-refractivity contribution in [1.29, 1.82) is 0 Å². The number of sulfone groups is 1. The quantitative estimate of drug-likeness (QED) is 0.826. The lowest BCUT2D eigenvalue weighted by Gasteiger charge is -2.17. The first-order chi connectivity index (χ1) is 12.0. The summed E-state index contributed by atoms with van der Waals surface area (Å²) in [6.45, 7) is 0.210. The SMILES string of the molecule is CN(C(=O)CNc1cccc(CS(=O)(=O)c2ccccc2)c1)C1CC1. The van der Waals surface area contributed by atoms with Gasteiger partial charge in [-0.25, -0.2) is 8.42 Å². The molecule has 1 aliphatic rings.